The summed E-state index contributed by atoms with van der Waals surface area (Å²) in [6, 6.07) is 5.83. The monoisotopic (exact) mass is 313 g/mol. The zero-order valence-electron chi connectivity index (χ0n) is 10.2. The van der Waals surface area contributed by atoms with Crippen LogP contribution in [0.1, 0.15) is 12.0 Å². The Kier molecular flexibility index (Phi) is 4.31. The lowest BCUT2D eigenvalue weighted by molar-refractivity contribution is -0.385. The molecule has 1 atom stereocenters. The highest BCUT2D eigenvalue weighted by molar-refractivity contribution is 9.10. The van der Waals surface area contributed by atoms with Gasteiger partial charge in [-0.1, -0.05) is 6.07 Å². The van der Waals surface area contributed by atoms with E-state index < -0.39 is 0 Å². The number of rotatable bonds is 4. The number of halogens is 1. The van der Waals surface area contributed by atoms with Gasteiger partial charge in [0.05, 0.1) is 9.40 Å². The quantitative estimate of drug-likeness (QED) is 0.683. The summed E-state index contributed by atoms with van der Waals surface area (Å²) in [6.07, 6.45) is 1.13. The molecule has 5 nitrogen and oxygen atoms in total. The number of nitro groups is 1. The Bertz CT molecular complexity index is 447. The van der Waals surface area contributed by atoms with Crippen LogP contribution in [0.15, 0.2) is 22.7 Å². The van der Waals surface area contributed by atoms with E-state index in [-0.39, 0.29) is 10.6 Å². The molecule has 1 fully saturated rings. The SMILES string of the molecule is CN(Cc1ccc(Br)c([N+](=O)[O-])c1)C1CCNC1. The molecule has 0 spiro atoms. The van der Waals surface area contributed by atoms with Gasteiger partial charge in [-0.05, 0) is 47.6 Å². The molecule has 6 heteroatoms. The second-order valence-electron chi connectivity index (χ2n) is 4.60. The van der Waals surface area contributed by atoms with Crippen molar-refractivity contribution in [2.24, 2.45) is 0 Å². The van der Waals surface area contributed by atoms with Crippen LogP contribution in [0, 0.1) is 10.1 Å². The molecule has 1 aromatic rings. The summed E-state index contributed by atoms with van der Waals surface area (Å²) in [5.74, 6) is 0. The third kappa shape index (κ3) is 3.07. The van der Waals surface area contributed by atoms with Crippen molar-refractivity contribution in [2.75, 3.05) is 20.1 Å². The Labute approximate surface area is 114 Å². The van der Waals surface area contributed by atoms with Crippen molar-refractivity contribution in [3.8, 4) is 0 Å². The van der Waals surface area contributed by atoms with Gasteiger partial charge in [0.2, 0.25) is 0 Å². The Balaban J connectivity index is 2.09. The third-order valence-corrected chi connectivity index (χ3v) is 3.97. The molecular weight excluding hydrogens is 298 g/mol. The van der Waals surface area contributed by atoms with E-state index >= 15 is 0 Å². The van der Waals surface area contributed by atoms with Crippen LogP contribution in [0.5, 0.6) is 0 Å². The van der Waals surface area contributed by atoms with Gasteiger partial charge < -0.3 is 5.32 Å². The van der Waals surface area contributed by atoms with Crippen molar-refractivity contribution in [3.05, 3.63) is 38.3 Å². The molecule has 1 N–H and O–H groups in total. The van der Waals surface area contributed by atoms with Crippen molar-refractivity contribution in [1.29, 1.82) is 0 Å². The molecule has 1 saturated heterocycles. The summed E-state index contributed by atoms with van der Waals surface area (Å²) in [6.45, 7) is 2.78. The summed E-state index contributed by atoms with van der Waals surface area (Å²) < 4.78 is 0.529. The van der Waals surface area contributed by atoms with Gasteiger partial charge in [0.1, 0.15) is 0 Å². The zero-order chi connectivity index (χ0) is 13.1. The second-order valence-corrected chi connectivity index (χ2v) is 5.46. The number of hydrogen-bond donors (Lipinski definition) is 1. The normalized spacial score (nSPS) is 19.4. The van der Waals surface area contributed by atoms with Crippen LogP contribution in [-0.4, -0.2) is 36.0 Å². The van der Waals surface area contributed by atoms with Crippen molar-refractivity contribution in [3.63, 3.8) is 0 Å². The molecule has 0 aliphatic carbocycles. The minimum Gasteiger partial charge on any atom is -0.315 e. The Hall–Kier alpha value is -0.980. The van der Waals surface area contributed by atoms with Crippen LogP contribution in [0.4, 0.5) is 5.69 Å². The van der Waals surface area contributed by atoms with Gasteiger partial charge in [-0.2, -0.15) is 0 Å². The van der Waals surface area contributed by atoms with E-state index in [0.29, 0.717) is 10.5 Å². The standard InChI is InChI=1S/C12H16BrN3O2/c1-15(10-4-5-14-7-10)8-9-2-3-11(13)12(6-9)16(17)18/h2-3,6,10,14H,4-5,7-8H2,1H3. The van der Waals surface area contributed by atoms with E-state index in [1.54, 1.807) is 12.1 Å². The highest BCUT2D eigenvalue weighted by Crippen LogP contribution is 2.26. The van der Waals surface area contributed by atoms with Gasteiger partial charge in [-0.25, -0.2) is 0 Å². The molecule has 1 heterocycles. The van der Waals surface area contributed by atoms with Crippen LogP contribution in [0.25, 0.3) is 0 Å². The zero-order valence-corrected chi connectivity index (χ0v) is 11.8. The highest BCUT2D eigenvalue weighted by Gasteiger charge is 2.20. The molecule has 0 radical (unpaired) electrons. The van der Waals surface area contributed by atoms with Crippen molar-refractivity contribution in [2.45, 2.75) is 19.0 Å². The topological polar surface area (TPSA) is 58.4 Å². The summed E-state index contributed by atoms with van der Waals surface area (Å²) in [5, 5.41) is 14.2. The molecule has 0 aromatic heterocycles. The van der Waals surface area contributed by atoms with Gasteiger partial charge in [0.25, 0.3) is 5.69 Å². The number of hydrogen-bond acceptors (Lipinski definition) is 4. The lowest BCUT2D eigenvalue weighted by Crippen LogP contribution is -2.32. The van der Waals surface area contributed by atoms with Gasteiger partial charge in [-0.15, -0.1) is 0 Å². The molecule has 98 valence electrons. The van der Waals surface area contributed by atoms with Crippen LogP contribution in [0.2, 0.25) is 0 Å². The maximum Gasteiger partial charge on any atom is 0.283 e. The lowest BCUT2D eigenvalue weighted by Gasteiger charge is -2.23. The van der Waals surface area contributed by atoms with Crippen LogP contribution in [-0.2, 0) is 6.54 Å². The minimum absolute atomic E-state index is 0.130. The van der Waals surface area contributed by atoms with E-state index in [9.17, 15) is 10.1 Å². The van der Waals surface area contributed by atoms with Gasteiger partial charge in [0, 0.05) is 25.2 Å². The number of benzene rings is 1. The first-order valence-corrected chi connectivity index (χ1v) is 6.71. The van der Waals surface area contributed by atoms with Crippen LogP contribution >= 0.6 is 15.9 Å². The number of likely N-dealkylation sites (N-methyl/N-ethyl adjacent to an activating group) is 1. The number of nitrogens with one attached hydrogen (secondary N) is 1. The van der Waals surface area contributed by atoms with E-state index in [4.69, 9.17) is 0 Å². The lowest BCUT2D eigenvalue weighted by atomic mass is 10.1. The average Bonchev–Trinajstić information content (AvgIpc) is 2.85. The predicted molar refractivity (Wildman–Crippen MR) is 73.5 cm³/mol. The molecular formula is C12H16BrN3O2. The van der Waals surface area contributed by atoms with E-state index in [1.165, 1.54) is 0 Å². The first-order chi connectivity index (χ1) is 8.58. The smallest absolute Gasteiger partial charge is 0.283 e. The Morgan fingerprint density at radius 2 is 2.39 bits per heavy atom. The summed E-state index contributed by atoms with van der Waals surface area (Å²) in [7, 11) is 2.06. The fraction of sp³-hybridized carbons (Fsp3) is 0.500. The first-order valence-electron chi connectivity index (χ1n) is 5.91. The third-order valence-electron chi connectivity index (χ3n) is 3.30. The van der Waals surface area contributed by atoms with Gasteiger partial charge >= 0.3 is 0 Å². The van der Waals surface area contributed by atoms with E-state index in [1.807, 2.05) is 6.07 Å². The highest BCUT2D eigenvalue weighted by atomic mass is 79.9. The van der Waals surface area contributed by atoms with Gasteiger partial charge in [0.15, 0.2) is 0 Å². The second kappa shape index (κ2) is 5.77. The molecule has 0 amide bonds. The fourth-order valence-corrected chi connectivity index (χ4v) is 2.62. The van der Waals surface area contributed by atoms with Crippen molar-refractivity contribution < 1.29 is 4.92 Å². The maximum absolute atomic E-state index is 10.9. The van der Waals surface area contributed by atoms with E-state index in [0.717, 1.165) is 31.6 Å². The Morgan fingerprint density at radius 3 is 3.00 bits per heavy atom. The minimum atomic E-state index is -0.356. The predicted octanol–water partition coefficient (Wildman–Crippen LogP) is 2.15. The van der Waals surface area contributed by atoms with E-state index in [2.05, 4.69) is 33.2 Å². The first kappa shape index (κ1) is 13.5. The molecule has 1 aromatic carbocycles. The van der Waals surface area contributed by atoms with Crippen molar-refractivity contribution >= 4 is 21.6 Å². The summed E-state index contributed by atoms with van der Waals surface area (Å²) >= 11 is 3.20. The molecule has 1 unspecified atom stereocenters. The van der Waals surface area contributed by atoms with Crippen LogP contribution < -0.4 is 5.32 Å². The average molecular weight is 314 g/mol. The molecule has 1 aliphatic rings. The fourth-order valence-electron chi connectivity index (χ4n) is 2.23. The van der Waals surface area contributed by atoms with Crippen molar-refractivity contribution in [1.82, 2.24) is 10.2 Å². The Morgan fingerprint density at radius 1 is 1.61 bits per heavy atom. The maximum atomic E-state index is 10.9. The van der Waals surface area contributed by atoms with Crippen LogP contribution in [0.3, 0.4) is 0 Å². The molecule has 0 bridgehead atoms. The summed E-state index contributed by atoms with van der Waals surface area (Å²) in [4.78, 5) is 12.8. The molecule has 2 rings (SSSR count). The number of nitrogens with zero attached hydrogens (tertiary/aromatic N) is 2. The summed E-state index contributed by atoms with van der Waals surface area (Å²) in [5.41, 5.74) is 1.10. The number of nitro benzene ring substituents is 1. The molecule has 0 saturated carbocycles. The molecule has 1 aliphatic heterocycles. The largest absolute Gasteiger partial charge is 0.315 e. The van der Waals surface area contributed by atoms with Gasteiger partial charge in [-0.3, -0.25) is 15.0 Å². The molecule has 18 heavy (non-hydrogen) atoms.